The van der Waals surface area contributed by atoms with E-state index in [0.29, 0.717) is 55.5 Å². The van der Waals surface area contributed by atoms with Crippen molar-refractivity contribution in [3.05, 3.63) is 35.3 Å². The molecule has 0 spiro atoms. The number of hydrogen-bond donors (Lipinski definition) is 1. The van der Waals surface area contributed by atoms with Gasteiger partial charge in [0.05, 0.1) is 11.6 Å². The summed E-state index contributed by atoms with van der Waals surface area (Å²) in [6.45, 7) is 2.43. The Kier molecular flexibility index (Phi) is 2.87. The average molecular weight is 331 g/mol. The molecular weight excluding hydrogens is 312 g/mol. The molecule has 0 bridgehead atoms. The van der Waals surface area contributed by atoms with Gasteiger partial charge in [-0.1, -0.05) is 6.07 Å². The molecule has 3 heterocycles. The number of alkyl halides is 1. The first-order chi connectivity index (χ1) is 11.5. The van der Waals surface area contributed by atoms with E-state index in [1.165, 1.54) is 6.20 Å². The molecule has 1 aliphatic carbocycles. The van der Waals surface area contributed by atoms with Crippen LogP contribution in [-0.4, -0.2) is 52.0 Å². The zero-order valence-electron chi connectivity index (χ0n) is 13.3. The molecule has 2 aromatic rings. The molecule has 2 fully saturated rings. The van der Waals surface area contributed by atoms with Crippen LogP contribution in [0.4, 0.5) is 8.78 Å². The quantitative estimate of drug-likeness (QED) is 0.939. The Morgan fingerprint density at radius 2 is 2.08 bits per heavy atom. The lowest BCUT2D eigenvalue weighted by Crippen LogP contribution is -2.62. The zero-order chi connectivity index (χ0) is 16.5. The first kappa shape index (κ1) is 14.4. The van der Waals surface area contributed by atoms with Crippen LogP contribution in [0.25, 0.3) is 10.9 Å². The van der Waals surface area contributed by atoms with Crippen LogP contribution in [-0.2, 0) is 6.54 Å². The highest BCUT2D eigenvalue weighted by Gasteiger charge is 2.45. The van der Waals surface area contributed by atoms with Crippen molar-refractivity contribution in [2.24, 2.45) is 0 Å². The predicted molar refractivity (Wildman–Crippen MR) is 86.0 cm³/mol. The van der Waals surface area contributed by atoms with E-state index in [-0.39, 0.29) is 17.8 Å². The Bertz CT molecular complexity index is 836. The number of nitrogens with one attached hydrogen (secondary N) is 1. The van der Waals surface area contributed by atoms with Gasteiger partial charge in [0, 0.05) is 43.3 Å². The standard InChI is InChI=1S/C18H19F2N3O/c19-13-6-21-14-3-2-11-7-23(17(24)15(11)16(13)14)12-8-22(9-12)10-18(20)4-1-5-18/h2-3,6,12,21H,1,4-5,7-10H2. The van der Waals surface area contributed by atoms with Gasteiger partial charge in [-0.3, -0.25) is 9.69 Å². The minimum absolute atomic E-state index is 0.0997. The maximum absolute atomic E-state index is 14.2. The SMILES string of the molecule is O=C1c2c(ccc3[nH]cc(F)c23)CN1C1CN(CC2(F)CCC2)C1. The molecule has 24 heavy (non-hydrogen) atoms. The molecule has 2 aliphatic heterocycles. The predicted octanol–water partition coefficient (Wildman–Crippen LogP) is 2.84. The van der Waals surface area contributed by atoms with E-state index >= 15 is 0 Å². The molecule has 1 saturated heterocycles. The number of amides is 1. The van der Waals surface area contributed by atoms with Gasteiger partial charge in [0.15, 0.2) is 0 Å². The molecule has 3 aliphatic rings. The molecular formula is C18H19F2N3O. The van der Waals surface area contributed by atoms with Gasteiger partial charge in [-0.2, -0.15) is 0 Å². The monoisotopic (exact) mass is 331 g/mol. The van der Waals surface area contributed by atoms with E-state index in [0.717, 1.165) is 12.0 Å². The first-order valence-electron chi connectivity index (χ1n) is 8.55. The fraction of sp³-hybridized carbons (Fsp3) is 0.500. The Morgan fingerprint density at radius 1 is 1.29 bits per heavy atom. The van der Waals surface area contributed by atoms with Crippen LogP contribution in [0.1, 0.15) is 35.2 Å². The summed E-state index contributed by atoms with van der Waals surface area (Å²) < 4.78 is 28.2. The number of rotatable bonds is 3. The minimum Gasteiger partial charge on any atom is -0.359 e. The van der Waals surface area contributed by atoms with Crippen molar-refractivity contribution in [3.63, 3.8) is 0 Å². The summed E-state index contributed by atoms with van der Waals surface area (Å²) >= 11 is 0. The van der Waals surface area contributed by atoms with Crippen molar-refractivity contribution in [3.8, 4) is 0 Å². The van der Waals surface area contributed by atoms with Gasteiger partial charge >= 0.3 is 0 Å². The topological polar surface area (TPSA) is 39.3 Å². The van der Waals surface area contributed by atoms with E-state index < -0.39 is 5.67 Å². The fourth-order valence-corrected chi connectivity index (χ4v) is 4.29. The highest BCUT2D eigenvalue weighted by atomic mass is 19.1. The van der Waals surface area contributed by atoms with E-state index in [2.05, 4.69) is 9.88 Å². The second kappa shape index (κ2) is 4.79. The van der Waals surface area contributed by atoms with Gasteiger partial charge in [-0.15, -0.1) is 0 Å². The summed E-state index contributed by atoms with van der Waals surface area (Å²) in [7, 11) is 0. The second-order valence-corrected chi connectivity index (χ2v) is 7.44. The molecule has 0 unspecified atom stereocenters. The van der Waals surface area contributed by atoms with Crippen molar-refractivity contribution in [1.82, 2.24) is 14.8 Å². The molecule has 0 atom stereocenters. The number of likely N-dealkylation sites (tertiary alicyclic amines) is 1. The molecule has 126 valence electrons. The Morgan fingerprint density at radius 3 is 2.79 bits per heavy atom. The molecule has 4 nitrogen and oxygen atoms in total. The van der Waals surface area contributed by atoms with Gasteiger partial charge in [0.1, 0.15) is 11.5 Å². The van der Waals surface area contributed by atoms with E-state index in [1.54, 1.807) is 0 Å². The van der Waals surface area contributed by atoms with E-state index in [9.17, 15) is 13.6 Å². The summed E-state index contributed by atoms with van der Waals surface area (Å²) in [5, 5.41) is 0.397. The largest absolute Gasteiger partial charge is 0.359 e. The summed E-state index contributed by atoms with van der Waals surface area (Å²) in [5.74, 6) is -0.478. The van der Waals surface area contributed by atoms with Crippen LogP contribution < -0.4 is 0 Å². The van der Waals surface area contributed by atoms with Crippen LogP contribution in [0.3, 0.4) is 0 Å². The number of aromatic nitrogens is 1. The van der Waals surface area contributed by atoms with Crippen LogP contribution >= 0.6 is 0 Å². The normalized spacial score (nSPS) is 23.4. The first-order valence-corrected chi connectivity index (χ1v) is 8.55. The third kappa shape index (κ3) is 1.95. The molecule has 1 aromatic carbocycles. The summed E-state index contributed by atoms with van der Waals surface area (Å²) in [6.07, 6.45) is 3.59. The average Bonchev–Trinajstić information content (AvgIpc) is 3.02. The zero-order valence-corrected chi connectivity index (χ0v) is 13.3. The van der Waals surface area contributed by atoms with E-state index in [1.807, 2.05) is 17.0 Å². The maximum atomic E-state index is 14.2. The van der Waals surface area contributed by atoms with Crippen LogP contribution in [0.15, 0.2) is 18.3 Å². The summed E-state index contributed by atoms with van der Waals surface area (Å²) in [5.41, 5.74) is 1.01. The number of halogens is 2. The fourth-order valence-electron chi connectivity index (χ4n) is 4.29. The molecule has 1 aromatic heterocycles. The second-order valence-electron chi connectivity index (χ2n) is 7.44. The lowest BCUT2D eigenvalue weighted by molar-refractivity contribution is -0.0314. The smallest absolute Gasteiger partial charge is 0.255 e. The maximum Gasteiger partial charge on any atom is 0.255 e. The van der Waals surface area contributed by atoms with Crippen molar-refractivity contribution < 1.29 is 13.6 Å². The Hall–Kier alpha value is -1.95. The third-order valence-corrected chi connectivity index (χ3v) is 5.84. The van der Waals surface area contributed by atoms with Crippen molar-refractivity contribution in [2.45, 2.75) is 37.5 Å². The van der Waals surface area contributed by atoms with Gasteiger partial charge < -0.3 is 9.88 Å². The highest BCUT2D eigenvalue weighted by Crippen LogP contribution is 2.39. The molecule has 1 saturated carbocycles. The van der Waals surface area contributed by atoms with Gasteiger partial charge in [-0.25, -0.2) is 8.78 Å². The highest BCUT2D eigenvalue weighted by molar-refractivity contribution is 6.10. The van der Waals surface area contributed by atoms with E-state index in [4.69, 9.17) is 0 Å². The lowest BCUT2D eigenvalue weighted by atomic mass is 9.81. The molecule has 5 rings (SSSR count). The van der Waals surface area contributed by atoms with Crippen molar-refractivity contribution >= 4 is 16.8 Å². The van der Waals surface area contributed by atoms with Gasteiger partial charge in [0.2, 0.25) is 0 Å². The number of H-pyrrole nitrogens is 1. The Balaban J connectivity index is 1.34. The van der Waals surface area contributed by atoms with Crippen molar-refractivity contribution in [2.75, 3.05) is 19.6 Å². The molecule has 1 N–H and O–H groups in total. The number of aromatic amines is 1. The number of carbonyl (C=O) groups is 1. The van der Waals surface area contributed by atoms with Crippen LogP contribution in [0.5, 0.6) is 0 Å². The number of fused-ring (bicyclic) bond motifs is 3. The summed E-state index contributed by atoms with van der Waals surface area (Å²) in [4.78, 5) is 19.6. The van der Waals surface area contributed by atoms with Crippen molar-refractivity contribution in [1.29, 1.82) is 0 Å². The molecule has 1 amide bonds. The lowest BCUT2D eigenvalue weighted by Gasteiger charge is -2.48. The third-order valence-electron chi connectivity index (χ3n) is 5.84. The molecule has 6 heteroatoms. The Labute approximate surface area is 138 Å². The number of benzene rings is 1. The summed E-state index contributed by atoms with van der Waals surface area (Å²) in [6, 6.07) is 3.82. The minimum atomic E-state index is -1.01. The number of carbonyl (C=O) groups excluding carboxylic acids is 1. The number of nitrogens with zero attached hydrogens (tertiary/aromatic N) is 2. The van der Waals surface area contributed by atoms with Crippen LogP contribution in [0, 0.1) is 5.82 Å². The van der Waals surface area contributed by atoms with Gasteiger partial charge in [-0.05, 0) is 30.9 Å². The number of hydrogen-bond acceptors (Lipinski definition) is 2. The molecule has 0 radical (unpaired) electrons. The van der Waals surface area contributed by atoms with Crippen LogP contribution in [0.2, 0.25) is 0 Å². The van der Waals surface area contributed by atoms with Gasteiger partial charge in [0.25, 0.3) is 5.91 Å².